The van der Waals surface area contributed by atoms with Gasteiger partial charge in [-0.05, 0) is 36.7 Å². The van der Waals surface area contributed by atoms with E-state index in [2.05, 4.69) is 64.5 Å². The molecule has 0 spiro atoms. The van der Waals surface area contributed by atoms with Gasteiger partial charge in [-0.1, -0.05) is 49.4 Å². The fourth-order valence-electron chi connectivity index (χ4n) is 2.55. The number of rotatable bonds is 6. The number of aromatic nitrogens is 2. The molecule has 3 rings (SSSR count). The summed E-state index contributed by atoms with van der Waals surface area (Å²) in [5, 5.41) is 9.03. The van der Waals surface area contributed by atoms with Crippen LogP contribution in [0.1, 0.15) is 18.1 Å². The van der Waals surface area contributed by atoms with Crippen molar-refractivity contribution in [2.24, 2.45) is 0 Å². The van der Waals surface area contributed by atoms with Gasteiger partial charge >= 0.3 is 0 Å². The fraction of sp³-hybridized carbons (Fsp3) is 0.278. The number of nitrogens with zero attached hydrogens (tertiary/aromatic N) is 2. The number of hydrogen-bond donors (Lipinski definition) is 1. The summed E-state index contributed by atoms with van der Waals surface area (Å²) in [6.45, 7) is 5.03. The first-order valence-corrected chi connectivity index (χ1v) is 7.56. The Morgan fingerprint density at radius 1 is 1.00 bits per heavy atom. The van der Waals surface area contributed by atoms with Gasteiger partial charge in [-0.2, -0.15) is 5.10 Å². The van der Waals surface area contributed by atoms with E-state index in [1.54, 1.807) is 0 Å². The van der Waals surface area contributed by atoms with Crippen molar-refractivity contribution in [1.29, 1.82) is 0 Å². The van der Waals surface area contributed by atoms with Crippen LogP contribution in [-0.4, -0.2) is 22.9 Å². The zero-order valence-corrected chi connectivity index (χ0v) is 12.4. The fourth-order valence-corrected chi connectivity index (χ4v) is 2.55. The summed E-state index contributed by atoms with van der Waals surface area (Å²) in [6, 6.07) is 17.2. The number of benzene rings is 2. The summed E-state index contributed by atoms with van der Waals surface area (Å²) < 4.78 is 2.06. The van der Waals surface area contributed by atoms with Crippen molar-refractivity contribution < 1.29 is 0 Å². The van der Waals surface area contributed by atoms with Crippen LogP contribution < -0.4 is 5.32 Å². The first-order chi connectivity index (χ1) is 10.4. The minimum Gasteiger partial charge on any atom is -0.317 e. The molecular formula is C18H21N3. The molecule has 0 aliphatic heterocycles. The van der Waals surface area contributed by atoms with Crippen molar-refractivity contribution >= 4 is 10.9 Å². The average molecular weight is 279 g/mol. The second kappa shape index (κ2) is 6.55. The highest BCUT2D eigenvalue weighted by molar-refractivity contribution is 5.78. The normalized spacial score (nSPS) is 11.1. The van der Waals surface area contributed by atoms with Crippen molar-refractivity contribution in [2.45, 2.75) is 19.9 Å². The standard InChI is InChI=1S/C18H21N3/c1-2-19-12-11-15-7-9-16(10-8-15)14-21-18-6-4-3-5-17(18)13-20-21/h3-10,13,19H,2,11-12,14H2,1H3. The van der Waals surface area contributed by atoms with Crippen molar-refractivity contribution in [3.05, 3.63) is 65.9 Å². The van der Waals surface area contributed by atoms with Crippen LogP contribution in [0.25, 0.3) is 10.9 Å². The molecule has 0 atom stereocenters. The molecule has 0 unspecified atom stereocenters. The Morgan fingerprint density at radius 2 is 1.76 bits per heavy atom. The Balaban J connectivity index is 1.70. The summed E-state index contributed by atoms with van der Waals surface area (Å²) in [5.41, 5.74) is 3.86. The molecule has 0 aliphatic rings. The van der Waals surface area contributed by atoms with E-state index in [9.17, 15) is 0 Å². The number of para-hydroxylation sites is 1. The zero-order chi connectivity index (χ0) is 14.5. The summed E-state index contributed by atoms with van der Waals surface area (Å²) in [7, 11) is 0. The van der Waals surface area contributed by atoms with E-state index in [0.717, 1.165) is 26.1 Å². The molecule has 0 fully saturated rings. The molecule has 3 nitrogen and oxygen atoms in total. The van der Waals surface area contributed by atoms with Crippen molar-refractivity contribution in [2.75, 3.05) is 13.1 Å². The van der Waals surface area contributed by atoms with Gasteiger partial charge in [0.15, 0.2) is 0 Å². The van der Waals surface area contributed by atoms with Gasteiger partial charge in [0.25, 0.3) is 0 Å². The second-order valence-corrected chi connectivity index (χ2v) is 5.28. The molecule has 21 heavy (non-hydrogen) atoms. The lowest BCUT2D eigenvalue weighted by atomic mass is 10.1. The highest BCUT2D eigenvalue weighted by Crippen LogP contribution is 2.15. The maximum absolute atomic E-state index is 4.48. The van der Waals surface area contributed by atoms with Crippen LogP contribution in [-0.2, 0) is 13.0 Å². The van der Waals surface area contributed by atoms with Crippen LogP contribution in [0.3, 0.4) is 0 Å². The molecular weight excluding hydrogens is 258 g/mol. The van der Waals surface area contributed by atoms with Gasteiger partial charge in [0.2, 0.25) is 0 Å². The number of likely N-dealkylation sites (N-methyl/N-ethyl adjacent to an activating group) is 1. The molecule has 0 saturated carbocycles. The minimum atomic E-state index is 0.820. The third-order valence-electron chi connectivity index (χ3n) is 3.75. The van der Waals surface area contributed by atoms with E-state index in [0.29, 0.717) is 0 Å². The van der Waals surface area contributed by atoms with E-state index >= 15 is 0 Å². The molecule has 3 aromatic rings. The predicted molar refractivity (Wildman–Crippen MR) is 87.5 cm³/mol. The first-order valence-electron chi connectivity index (χ1n) is 7.56. The van der Waals surface area contributed by atoms with E-state index in [-0.39, 0.29) is 0 Å². The van der Waals surface area contributed by atoms with Crippen LogP contribution >= 0.6 is 0 Å². The van der Waals surface area contributed by atoms with Gasteiger partial charge in [0, 0.05) is 5.39 Å². The third-order valence-corrected chi connectivity index (χ3v) is 3.75. The van der Waals surface area contributed by atoms with E-state index in [1.807, 2.05) is 12.3 Å². The Hall–Kier alpha value is -2.13. The first kappa shape index (κ1) is 13.8. The lowest BCUT2D eigenvalue weighted by Crippen LogP contribution is -2.16. The van der Waals surface area contributed by atoms with Crippen molar-refractivity contribution in [3.63, 3.8) is 0 Å². The SMILES string of the molecule is CCNCCc1ccc(Cn2ncc3ccccc32)cc1. The maximum Gasteiger partial charge on any atom is 0.0686 e. The van der Waals surface area contributed by atoms with E-state index in [4.69, 9.17) is 0 Å². The summed E-state index contributed by atoms with van der Waals surface area (Å²) in [6.07, 6.45) is 3.01. The Labute approximate surface area is 125 Å². The highest BCUT2D eigenvalue weighted by atomic mass is 15.3. The topological polar surface area (TPSA) is 29.9 Å². The third kappa shape index (κ3) is 3.31. The molecule has 1 heterocycles. The van der Waals surface area contributed by atoms with Gasteiger partial charge in [-0.25, -0.2) is 0 Å². The highest BCUT2D eigenvalue weighted by Gasteiger charge is 2.02. The maximum atomic E-state index is 4.48. The predicted octanol–water partition coefficient (Wildman–Crippen LogP) is 3.24. The smallest absolute Gasteiger partial charge is 0.0686 e. The van der Waals surface area contributed by atoms with Crippen LogP contribution in [0, 0.1) is 0 Å². The lowest BCUT2D eigenvalue weighted by Gasteiger charge is -2.06. The van der Waals surface area contributed by atoms with E-state index in [1.165, 1.54) is 22.0 Å². The van der Waals surface area contributed by atoms with Crippen LogP contribution in [0.2, 0.25) is 0 Å². The molecule has 0 aliphatic carbocycles. The number of nitrogens with one attached hydrogen (secondary N) is 1. The van der Waals surface area contributed by atoms with Gasteiger partial charge in [-0.15, -0.1) is 0 Å². The number of fused-ring (bicyclic) bond motifs is 1. The zero-order valence-electron chi connectivity index (χ0n) is 12.4. The minimum absolute atomic E-state index is 0.820. The summed E-state index contributed by atoms with van der Waals surface area (Å²) in [5.74, 6) is 0. The molecule has 0 saturated heterocycles. The average Bonchev–Trinajstić information content (AvgIpc) is 2.93. The Bertz CT molecular complexity index is 698. The second-order valence-electron chi connectivity index (χ2n) is 5.28. The summed E-state index contributed by atoms with van der Waals surface area (Å²) in [4.78, 5) is 0. The molecule has 3 heteroatoms. The van der Waals surface area contributed by atoms with Crippen molar-refractivity contribution in [1.82, 2.24) is 15.1 Å². The quantitative estimate of drug-likeness (QED) is 0.702. The Kier molecular flexibility index (Phi) is 4.31. The molecule has 0 radical (unpaired) electrons. The van der Waals surface area contributed by atoms with Gasteiger partial charge < -0.3 is 5.32 Å². The molecule has 1 N–H and O–H groups in total. The van der Waals surface area contributed by atoms with Crippen LogP contribution in [0.5, 0.6) is 0 Å². The van der Waals surface area contributed by atoms with E-state index < -0.39 is 0 Å². The van der Waals surface area contributed by atoms with Crippen LogP contribution in [0.4, 0.5) is 0 Å². The molecule has 0 bridgehead atoms. The Morgan fingerprint density at radius 3 is 2.57 bits per heavy atom. The van der Waals surface area contributed by atoms with Crippen LogP contribution in [0.15, 0.2) is 54.7 Å². The molecule has 1 aromatic heterocycles. The monoisotopic (exact) mass is 279 g/mol. The van der Waals surface area contributed by atoms with Gasteiger partial charge in [0.1, 0.15) is 0 Å². The molecule has 0 amide bonds. The number of hydrogen-bond acceptors (Lipinski definition) is 2. The largest absolute Gasteiger partial charge is 0.317 e. The van der Waals surface area contributed by atoms with Gasteiger partial charge in [0.05, 0.1) is 18.3 Å². The summed E-state index contributed by atoms with van der Waals surface area (Å²) >= 11 is 0. The van der Waals surface area contributed by atoms with Crippen molar-refractivity contribution in [3.8, 4) is 0 Å². The lowest BCUT2D eigenvalue weighted by molar-refractivity contribution is 0.707. The molecule has 108 valence electrons. The molecule has 2 aromatic carbocycles. The van der Waals surface area contributed by atoms with Gasteiger partial charge in [-0.3, -0.25) is 4.68 Å².